The molecule has 4 heteroatoms. The van der Waals surface area contributed by atoms with E-state index in [1.807, 2.05) is 0 Å². The third-order valence-electron chi connectivity index (χ3n) is 4.35. The van der Waals surface area contributed by atoms with Gasteiger partial charge in [-0.25, -0.2) is 0 Å². The maximum absolute atomic E-state index is 5.84. The summed E-state index contributed by atoms with van der Waals surface area (Å²) in [5, 5.41) is 3.65. The fraction of sp³-hybridized carbons (Fsp3) is 1.00. The minimum atomic E-state index is 0.320. The van der Waals surface area contributed by atoms with E-state index in [2.05, 4.69) is 49.7 Å². The van der Waals surface area contributed by atoms with Crippen LogP contribution < -0.4 is 5.32 Å². The van der Waals surface area contributed by atoms with E-state index in [9.17, 15) is 0 Å². The fourth-order valence-corrected chi connectivity index (χ4v) is 4.55. The summed E-state index contributed by atoms with van der Waals surface area (Å²) in [6.45, 7) is 15.8. The van der Waals surface area contributed by atoms with Crippen molar-refractivity contribution in [2.75, 3.05) is 45.1 Å². The van der Waals surface area contributed by atoms with E-state index in [0.29, 0.717) is 16.2 Å². The molecule has 2 heterocycles. The minimum absolute atomic E-state index is 0.320. The van der Waals surface area contributed by atoms with Gasteiger partial charge in [0, 0.05) is 54.7 Å². The minimum Gasteiger partial charge on any atom is -0.381 e. The molecular formula is C16H32N2OS. The molecule has 118 valence electrons. The van der Waals surface area contributed by atoms with Crippen molar-refractivity contribution in [3.8, 4) is 0 Å². The second-order valence-corrected chi connectivity index (χ2v) is 9.31. The smallest absolute Gasteiger partial charge is 0.0546 e. The van der Waals surface area contributed by atoms with Crippen LogP contribution in [0.1, 0.15) is 40.5 Å². The van der Waals surface area contributed by atoms with Crippen LogP contribution in [0.15, 0.2) is 0 Å². The van der Waals surface area contributed by atoms with Gasteiger partial charge < -0.3 is 15.0 Å². The zero-order valence-corrected chi connectivity index (χ0v) is 14.5. The molecule has 0 aromatic carbocycles. The molecule has 0 radical (unpaired) electrons. The Morgan fingerprint density at radius 1 is 1.35 bits per heavy atom. The van der Waals surface area contributed by atoms with Crippen LogP contribution in [0, 0.1) is 5.41 Å². The molecule has 2 rings (SSSR count). The Morgan fingerprint density at radius 2 is 2.15 bits per heavy atom. The molecule has 1 N–H and O–H groups in total. The van der Waals surface area contributed by atoms with Crippen LogP contribution in [0.3, 0.4) is 0 Å². The van der Waals surface area contributed by atoms with Crippen LogP contribution in [0.4, 0.5) is 0 Å². The van der Waals surface area contributed by atoms with Crippen LogP contribution in [-0.2, 0) is 4.74 Å². The first kappa shape index (κ1) is 16.6. The van der Waals surface area contributed by atoms with Crippen molar-refractivity contribution in [2.24, 2.45) is 5.41 Å². The SMILES string of the molecule is CC(C)NCC1(CN2CCSC(C)(C)C2)CCCOC1. The molecule has 0 spiro atoms. The molecule has 2 aliphatic heterocycles. The zero-order chi connectivity index (χ0) is 14.6. The first-order valence-corrected chi connectivity index (χ1v) is 9.07. The van der Waals surface area contributed by atoms with Gasteiger partial charge in [0.15, 0.2) is 0 Å². The van der Waals surface area contributed by atoms with Gasteiger partial charge >= 0.3 is 0 Å². The molecule has 0 amide bonds. The van der Waals surface area contributed by atoms with E-state index < -0.39 is 0 Å². The predicted molar refractivity (Wildman–Crippen MR) is 88.6 cm³/mol. The van der Waals surface area contributed by atoms with Crippen molar-refractivity contribution in [3.05, 3.63) is 0 Å². The number of hydrogen-bond donors (Lipinski definition) is 1. The molecular weight excluding hydrogens is 268 g/mol. The zero-order valence-electron chi connectivity index (χ0n) is 13.7. The Morgan fingerprint density at radius 3 is 2.75 bits per heavy atom. The number of hydrogen-bond acceptors (Lipinski definition) is 4. The number of rotatable bonds is 5. The Labute approximate surface area is 129 Å². The molecule has 0 saturated carbocycles. The van der Waals surface area contributed by atoms with Gasteiger partial charge in [-0.05, 0) is 26.7 Å². The van der Waals surface area contributed by atoms with Gasteiger partial charge in [0.1, 0.15) is 0 Å². The Balaban J connectivity index is 1.96. The molecule has 20 heavy (non-hydrogen) atoms. The van der Waals surface area contributed by atoms with E-state index in [1.54, 1.807) is 0 Å². The van der Waals surface area contributed by atoms with E-state index in [0.717, 1.165) is 19.8 Å². The van der Waals surface area contributed by atoms with Gasteiger partial charge in [-0.2, -0.15) is 11.8 Å². The lowest BCUT2D eigenvalue weighted by atomic mass is 9.81. The van der Waals surface area contributed by atoms with Crippen molar-refractivity contribution in [3.63, 3.8) is 0 Å². The second-order valence-electron chi connectivity index (χ2n) is 7.51. The summed E-state index contributed by atoms with van der Waals surface area (Å²) in [4.78, 5) is 2.67. The first-order chi connectivity index (χ1) is 9.41. The summed E-state index contributed by atoms with van der Waals surface area (Å²) >= 11 is 2.11. The van der Waals surface area contributed by atoms with Crippen molar-refractivity contribution >= 4 is 11.8 Å². The summed E-state index contributed by atoms with van der Waals surface area (Å²) in [7, 11) is 0. The predicted octanol–water partition coefficient (Wildman–Crippen LogP) is 2.61. The Bertz CT molecular complexity index is 301. The highest BCUT2D eigenvalue weighted by molar-refractivity contribution is 8.00. The van der Waals surface area contributed by atoms with Crippen LogP contribution in [0.2, 0.25) is 0 Å². The van der Waals surface area contributed by atoms with Crippen LogP contribution >= 0.6 is 11.8 Å². The van der Waals surface area contributed by atoms with Gasteiger partial charge in [-0.1, -0.05) is 13.8 Å². The molecule has 0 bridgehead atoms. The molecule has 2 fully saturated rings. The van der Waals surface area contributed by atoms with Gasteiger partial charge in [0.05, 0.1) is 6.61 Å². The summed E-state index contributed by atoms with van der Waals surface area (Å²) in [6.07, 6.45) is 2.52. The van der Waals surface area contributed by atoms with Crippen molar-refractivity contribution < 1.29 is 4.74 Å². The third kappa shape index (κ3) is 4.90. The molecule has 2 aliphatic rings. The highest BCUT2D eigenvalue weighted by Crippen LogP contribution is 2.34. The lowest BCUT2D eigenvalue weighted by Gasteiger charge is -2.45. The monoisotopic (exact) mass is 300 g/mol. The fourth-order valence-electron chi connectivity index (χ4n) is 3.37. The quantitative estimate of drug-likeness (QED) is 0.843. The van der Waals surface area contributed by atoms with Gasteiger partial charge in [0.2, 0.25) is 0 Å². The van der Waals surface area contributed by atoms with E-state index in [-0.39, 0.29) is 0 Å². The van der Waals surface area contributed by atoms with Gasteiger partial charge in [-0.3, -0.25) is 0 Å². The van der Waals surface area contributed by atoms with Gasteiger partial charge in [0.25, 0.3) is 0 Å². The third-order valence-corrected chi connectivity index (χ3v) is 5.65. The highest BCUT2D eigenvalue weighted by atomic mass is 32.2. The van der Waals surface area contributed by atoms with E-state index >= 15 is 0 Å². The average molecular weight is 301 g/mol. The maximum atomic E-state index is 5.84. The topological polar surface area (TPSA) is 24.5 Å². The van der Waals surface area contributed by atoms with Crippen LogP contribution in [0.25, 0.3) is 0 Å². The first-order valence-electron chi connectivity index (χ1n) is 8.08. The molecule has 1 atom stereocenters. The van der Waals surface area contributed by atoms with E-state index in [1.165, 1.54) is 38.2 Å². The number of ether oxygens (including phenoxy) is 1. The number of nitrogens with zero attached hydrogens (tertiary/aromatic N) is 1. The van der Waals surface area contributed by atoms with Crippen LogP contribution in [-0.4, -0.2) is 60.8 Å². The van der Waals surface area contributed by atoms with E-state index in [4.69, 9.17) is 4.74 Å². The summed E-state index contributed by atoms with van der Waals surface area (Å²) in [5.41, 5.74) is 0.320. The second kappa shape index (κ2) is 6.99. The molecule has 0 aromatic rings. The molecule has 2 saturated heterocycles. The van der Waals surface area contributed by atoms with Crippen molar-refractivity contribution in [1.29, 1.82) is 0 Å². The van der Waals surface area contributed by atoms with Crippen LogP contribution in [0.5, 0.6) is 0 Å². The standard InChI is InChI=1S/C16H32N2OS/c1-14(2)17-10-16(6-5-8-19-13-16)12-18-7-9-20-15(3,4)11-18/h14,17H,5-13H2,1-4H3. The molecule has 3 nitrogen and oxygen atoms in total. The summed E-state index contributed by atoms with van der Waals surface area (Å²) < 4.78 is 6.24. The lowest BCUT2D eigenvalue weighted by molar-refractivity contribution is -0.0275. The number of nitrogens with one attached hydrogen (secondary N) is 1. The van der Waals surface area contributed by atoms with Crippen molar-refractivity contribution in [2.45, 2.75) is 51.3 Å². The Hall–Kier alpha value is 0.230. The van der Waals surface area contributed by atoms with Crippen molar-refractivity contribution in [1.82, 2.24) is 10.2 Å². The summed E-state index contributed by atoms with van der Waals surface area (Å²) in [6, 6.07) is 0.558. The summed E-state index contributed by atoms with van der Waals surface area (Å²) in [5.74, 6) is 1.27. The number of thioether (sulfide) groups is 1. The normalized spacial score (nSPS) is 31.6. The molecule has 0 aromatic heterocycles. The molecule has 0 aliphatic carbocycles. The average Bonchev–Trinajstić information content (AvgIpc) is 2.36. The molecule has 1 unspecified atom stereocenters. The lowest BCUT2D eigenvalue weighted by Crippen LogP contribution is -2.53. The maximum Gasteiger partial charge on any atom is 0.0546 e. The largest absolute Gasteiger partial charge is 0.381 e. The Kier molecular flexibility index (Phi) is 5.80. The van der Waals surface area contributed by atoms with Gasteiger partial charge in [-0.15, -0.1) is 0 Å². The highest BCUT2D eigenvalue weighted by Gasteiger charge is 2.37.